The van der Waals surface area contributed by atoms with Crippen molar-refractivity contribution in [1.82, 2.24) is 10.9 Å². The molecule has 0 bridgehead atoms. The Morgan fingerprint density at radius 3 is 1.67 bits per heavy atom. The lowest BCUT2D eigenvalue weighted by Gasteiger charge is -2.32. The van der Waals surface area contributed by atoms with Crippen LogP contribution in [0.2, 0.25) is 0 Å². The van der Waals surface area contributed by atoms with Gasteiger partial charge in [-0.1, -0.05) is 97.1 Å². The van der Waals surface area contributed by atoms with E-state index in [0.717, 1.165) is 0 Å². The zero-order valence-electron chi connectivity index (χ0n) is 14.9. The molecule has 2 N–H and O–H groups in total. The van der Waals surface area contributed by atoms with E-state index in [-0.39, 0.29) is 12.3 Å². The number of benzene rings is 4. The van der Waals surface area contributed by atoms with Gasteiger partial charge in [-0.15, -0.1) is 0 Å². The molecule has 0 aliphatic carbocycles. The summed E-state index contributed by atoms with van der Waals surface area (Å²) in [7, 11) is 0. The van der Waals surface area contributed by atoms with Crippen LogP contribution in [0.5, 0.6) is 0 Å². The van der Waals surface area contributed by atoms with Gasteiger partial charge in [-0.05, 0) is 22.6 Å². The van der Waals surface area contributed by atoms with E-state index in [9.17, 15) is 0 Å². The third-order valence-electron chi connectivity index (χ3n) is 5.19. The SMILES string of the molecule is c1ccc(C2NNC(c3ccccc3)N2c2cccc3ccccc23)cc1. The van der Waals surface area contributed by atoms with Crippen LogP contribution in [0, 0.1) is 0 Å². The van der Waals surface area contributed by atoms with E-state index in [1.165, 1.54) is 27.6 Å². The van der Waals surface area contributed by atoms with Gasteiger partial charge in [0.05, 0.1) is 0 Å². The fraction of sp³-hybridized carbons (Fsp3) is 0.0833. The van der Waals surface area contributed by atoms with E-state index in [4.69, 9.17) is 0 Å². The first-order valence-electron chi connectivity index (χ1n) is 9.29. The first kappa shape index (κ1) is 16.1. The zero-order chi connectivity index (χ0) is 18.1. The number of fused-ring (bicyclic) bond motifs is 1. The van der Waals surface area contributed by atoms with E-state index in [1.54, 1.807) is 0 Å². The molecule has 0 saturated carbocycles. The van der Waals surface area contributed by atoms with Gasteiger partial charge in [-0.25, -0.2) is 10.9 Å². The molecular weight excluding hydrogens is 330 g/mol. The molecule has 132 valence electrons. The summed E-state index contributed by atoms with van der Waals surface area (Å²) >= 11 is 0. The summed E-state index contributed by atoms with van der Waals surface area (Å²) < 4.78 is 0. The van der Waals surface area contributed by atoms with Crippen LogP contribution in [0.3, 0.4) is 0 Å². The largest absolute Gasteiger partial charge is 0.329 e. The second-order valence-electron chi connectivity index (χ2n) is 6.82. The molecule has 1 aliphatic heterocycles. The highest BCUT2D eigenvalue weighted by molar-refractivity contribution is 5.94. The lowest BCUT2D eigenvalue weighted by atomic mass is 10.0. The standard InChI is InChI=1S/C24H21N3/c1-3-11-19(12-4-1)23-25-26-24(20-13-5-2-6-14-20)27(23)22-17-9-15-18-10-7-8-16-21(18)22/h1-17,23-26H. The molecule has 5 rings (SSSR count). The minimum absolute atomic E-state index is 0.0437. The van der Waals surface area contributed by atoms with Gasteiger partial charge in [0, 0.05) is 11.1 Å². The van der Waals surface area contributed by atoms with Crippen LogP contribution in [0.4, 0.5) is 5.69 Å². The number of hydrazine groups is 1. The molecule has 3 nitrogen and oxygen atoms in total. The molecule has 4 aromatic rings. The first-order chi connectivity index (χ1) is 13.4. The van der Waals surface area contributed by atoms with Gasteiger partial charge in [-0.2, -0.15) is 0 Å². The molecule has 1 saturated heterocycles. The van der Waals surface area contributed by atoms with Crippen molar-refractivity contribution in [3.63, 3.8) is 0 Å². The van der Waals surface area contributed by atoms with Gasteiger partial charge >= 0.3 is 0 Å². The maximum absolute atomic E-state index is 3.51. The van der Waals surface area contributed by atoms with E-state index in [0.29, 0.717) is 0 Å². The maximum Gasteiger partial charge on any atom is 0.120 e. The molecule has 1 aliphatic rings. The molecule has 0 amide bonds. The normalized spacial score (nSPS) is 19.5. The molecule has 27 heavy (non-hydrogen) atoms. The number of nitrogens with one attached hydrogen (secondary N) is 2. The van der Waals surface area contributed by atoms with Crippen molar-refractivity contribution in [2.45, 2.75) is 12.3 Å². The summed E-state index contributed by atoms with van der Waals surface area (Å²) in [5, 5.41) is 2.51. The van der Waals surface area contributed by atoms with Crippen LogP contribution in [0.15, 0.2) is 103 Å². The smallest absolute Gasteiger partial charge is 0.120 e. The topological polar surface area (TPSA) is 27.3 Å². The lowest BCUT2D eigenvalue weighted by Crippen LogP contribution is -2.29. The fourth-order valence-electron chi connectivity index (χ4n) is 3.92. The summed E-state index contributed by atoms with van der Waals surface area (Å²) in [4.78, 5) is 2.44. The summed E-state index contributed by atoms with van der Waals surface area (Å²) in [6.07, 6.45) is 0.0874. The number of rotatable bonds is 3. The Morgan fingerprint density at radius 1 is 0.519 bits per heavy atom. The van der Waals surface area contributed by atoms with Gasteiger partial charge in [0.15, 0.2) is 0 Å². The summed E-state index contributed by atoms with van der Waals surface area (Å²) in [5.41, 5.74) is 10.7. The zero-order valence-corrected chi connectivity index (χ0v) is 14.9. The maximum atomic E-state index is 3.51. The van der Waals surface area contributed by atoms with Gasteiger partial charge in [0.1, 0.15) is 12.3 Å². The van der Waals surface area contributed by atoms with Crippen LogP contribution in [0.25, 0.3) is 10.8 Å². The average Bonchev–Trinajstić information content (AvgIpc) is 3.19. The van der Waals surface area contributed by atoms with Crippen molar-refractivity contribution in [1.29, 1.82) is 0 Å². The van der Waals surface area contributed by atoms with Gasteiger partial charge < -0.3 is 4.90 Å². The Bertz CT molecular complexity index is 994. The van der Waals surface area contributed by atoms with Crippen molar-refractivity contribution >= 4 is 16.5 Å². The minimum Gasteiger partial charge on any atom is -0.329 e. The van der Waals surface area contributed by atoms with E-state index in [2.05, 4.69) is 119 Å². The molecule has 0 aromatic heterocycles. The summed E-state index contributed by atoms with van der Waals surface area (Å²) in [6.45, 7) is 0. The predicted molar refractivity (Wildman–Crippen MR) is 111 cm³/mol. The Labute approximate surface area is 159 Å². The molecule has 1 fully saturated rings. The molecule has 2 unspecified atom stereocenters. The number of hydrogen-bond acceptors (Lipinski definition) is 3. The van der Waals surface area contributed by atoms with Crippen LogP contribution in [-0.4, -0.2) is 0 Å². The molecule has 1 heterocycles. The average molecular weight is 351 g/mol. The Hall–Kier alpha value is -3.14. The first-order valence-corrected chi connectivity index (χ1v) is 9.29. The van der Waals surface area contributed by atoms with Gasteiger partial charge in [0.25, 0.3) is 0 Å². The molecule has 4 aromatic carbocycles. The summed E-state index contributed by atoms with van der Waals surface area (Å²) in [5.74, 6) is 0. The Balaban J connectivity index is 1.68. The number of anilines is 1. The highest BCUT2D eigenvalue weighted by Gasteiger charge is 2.35. The molecule has 3 heteroatoms. The van der Waals surface area contributed by atoms with E-state index >= 15 is 0 Å². The molecule has 0 spiro atoms. The second kappa shape index (κ2) is 6.88. The van der Waals surface area contributed by atoms with Gasteiger partial charge in [-0.3, -0.25) is 0 Å². The van der Waals surface area contributed by atoms with Crippen LogP contribution in [0.1, 0.15) is 23.5 Å². The molecule has 0 radical (unpaired) electrons. The monoisotopic (exact) mass is 351 g/mol. The molecule has 2 atom stereocenters. The van der Waals surface area contributed by atoms with Crippen molar-refractivity contribution in [2.24, 2.45) is 0 Å². The second-order valence-corrected chi connectivity index (χ2v) is 6.82. The van der Waals surface area contributed by atoms with Crippen molar-refractivity contribution in [3.05, 3.63) is 114 Å². The van der Waals surface area contributed by atoms with E-state index in [1.807, 2.05) is 0 Å². The minimum atomic E-state index is 0.0437. The van der Waals surface area contributed by atoms with Gasteiger partial charge in [0.2, 0.25) is 0 Å². The van der Waals surface area contributed by atoms with Crippen LogP contribution in [-0.2, 0) is 0 Å². The van der Waals surface area contributed by atoms with Crippen LogP contribution >= 0.6 is 0 Å². The number of hydrogen-bond donors (Lipinski definition) is 2. The van der Waals surface area contributed by atoms with Crippen LogP contribution < -0.4 is 15.8 Å². The highest BCUT2D eigenvalue weighted by atomic mass is 15.6. The quantitative estimate of drug-likeness (QED) is 0.534. The Morgan fingerprint density at radius 2 is 1.04 bits per heavy atom. The lowest BCUT2D eigenvalue weighted by molar-refractivity contribution is 0.555. The number of nitrogens with zero attached hydrogens (tertiary/aromatic N) is 1. The highest BCUT2D eigenvalue weighted by Crippen LogP contribution is 2.39. The van der Waals surface area contributed by atoms with Crippen molar-refractivity contribution < 1.29 is 0 Å². The summed E-state index contributed by atoms with van der Waals surface area (Å²) in [6, 6.07) is 36.3. The third kappa shape index (κ3) is 2.87. The predicted octanol–water partition coefficient (Wildman–Crippen LogP) is 5.15. The van der Waals surface area contributed by atoms with Crippen molar-refractivity contribution in [3.8, 4) is 0 Å². The van der Waals surface area contributed by atoms with Crippen molar-refractivity contribution in [2.75, 3.05) is 4.90 Å². The fourth-order valence-corrected chi connectivity index (χ4v) is 3.92. The Kier molecular flexibility index (Phi) is 4.09. The van der Waals surface area contributed by atoms with E-state index < -0.39 is 0 Å². The molecular formula is C24H21N3. The third-order valence-corrected chi connectivity index (χ3v) is 5.19.